The minimum atomic E-state index is -2.86. The molecule has 0 aliphatic heterocycles. The Labute approximate surface area is 146 Å². The van der Waals surface area contributed by atoms with Gasteiger partial charge in [-0.2, -0.15) is 8.78 Å². The van der Waals surface area contributed by atoms with E-state index in [0.717, 1.165) is 0 Å². The first kappa shape index (κ1) is 17.3. The van der Waals surface area contributed by atoms with Crippen LogP contribution >= 0.6 is 11.8 Å². The van der Waals surface area contributed by atoms with Gasteiger partial charge in [-0.3, -0.25) is 4.98 Å². The van der Waals surface area contributed by atoms with E-state index in [9.17, 15) is 8.78 Å². The average molecular weight is 367 g/mol. The van der Waals surface area contributed by atoms with E-state index >= 15 is 0 Å². The van der Waals surface area contributed by atoms with Crippen molar-refractivity contribution in [1.29, 1.82) is 0 Å². The smallest absolute Gasteiger partial charge is 0.387 e. The number of aromatic amines is 1. The number of imidazole rings is 1. The van der Waals surface area contributed by atoms with E-state index in [1.54, 1.807) is 32.5 Å². The number of halogens is 2. The molecule has 0 spiro atoms. The molecule has 0 unspecified atom stereocenters. The predicted octanol–water partition coefficient (Wildman–Crippen LogP) is 3.87. The van der Waals surface area contributed by atoms with Crippen LogP contribution in [0.25, 0.3) is 11.0 Å². The van der Waals surface area contributed by atoms with Crippen LogP contribution in [-0.2, 0) is 5.75 Å². The Balaban J connectivity index is 1.77. The molecule has 0 atom stereocenters. The second-order valence-corrected chi connectivity index (χ2v) is 5.85. The Morgan fingerprint density at radius 1 is 1.20 bits per heavy atom. The van der Waals surface area contributed by atoms with E-state index in [2.05, 4.69) is 19.7 Å². The topological polar surface area (TPSA) is 69.3 Å². The van der Waals surface area contributed by atoms with Crippen molar-refractivity contribution in [2.24, 2.45) is 0 Å². The number of pyridine rings is 1. The lowest BCUT2D eigenvalue weighted by Gasteiger charge is -2.10. The number of aromatic nitrogens is 3. The first-order valence-corrected chi connectivity index (χ1v) is 8.22. The van der Waals surface area contributed by atoms with Crippen LogP contribution in [0.3, 0.4) is 0 Å². The molecule has 0 bridgehead atoms. The zero-order chi connectivity index (χ0) is 17.8. The number of benzene rings is 1. The predicted molar refractivity (Wildman–Crippen MR) is 89.6 cm³/mol. The molecule has 1 aromatic carbocycles. The van der Waals surface area contributed by atoms with Gasteiger partial charge in [-0.05, 0) is 12.1 Å². The lowest BCUT2D eigenvalue weighted by molar-refractivity contribution is -0.0497. The average Bonchev–Trinajstić information content (AvgIpc) is 3.01. The molecule has 3 rings (SSSR count). The molecule has 0 saturated carbocycles. The van der Waals surface area contributed by atoms with Crippen molar-refractivity contribution in [2.75, 3.05) is 14.2 Å². The van der Waals surface area contributed by atoms with Crippen molar-refractivity contribution in [2.45, 2.75) is 17.5 Å². The number of ether oxygens (including phenoxy) is 3. The maximum absolute atomic E-state index is 12.3. The summed E-state index contributed by atoms with van der Waals surface area (Å²) in [7, 11) is 3.12. The fourth-order valence-corrected chi connectivity index (χ4v) is 3.12. The largest absolute Gasteiger partial charge is 0.493 e. The van der Waals surface area contributed by atoms with Crippen LogP contribution in [0.2, 0.25) is 0 Å². The number of thioether (sulfide) groups is 1. The van der Waals surface area contributed by atoms with Gasteiger partial charge in [0.05, 0.1) is 30.9 Å². The van der Waals surface area contributed by atoms with E-state index in [4.69, 9.17) is 9.47 Å². The summed E-state index contributed by atoms with van der Waals surface area (Å²) in [6, 6.07) is 6.29. The Kier molecular flexibility index (Phi) is 5.22. The number of alkyl halides is 2. The summed E-state index contributed by atoms with van der Waals surface area (Å²) in [6.07, 6.45) is 1.64. The van der Waals surface area contributed by atoms with Gasteiger partial charge in [-0.1, -0.05) is 11.8 Å². The fourth-order valence-electron chi connectivity index (χ4n) is 2.30. The fraction of sp³-hybridized carbons (Fsp3) is 0.250. The van der Waals surface area contributed by atoms with Gasteiger partial charge in [-0.15, -0.1) is 0 Å². The molecule has 0 amide bonds. The zero-order valence-corrected chi connectivity index (χ0v) is 14.3. The quantitative estimate of drug-likeness (QED) is 0.640. The molecule has 2 aromatic heterocycles. The number of rotatable bonds is 7. The minimum Gasteiger partial charge on any atom is -0.493 e. The third-order valence-electron chi connectivity index (χ3n) is 3.37. The molecule has 0 saturated heterocycles. The summed E-state index contributed by atoms with van der Waals surface area (Å²) >= 11 is 1.41. The van der Waals surface area contributed by atoms with Gasteiger partial charge >= 0.3 is 6.61 Å². The number of fused-ring (bicyclic) bond motifs is 1. The molecule has 132 valence electrons. The van der Waals surface area contributed by atoms with Gasteiger partial charge in [0.15, 0.2) is 16.7 Å². The summed E-state index contributed by atoms with van der Waals surface area (Å²) in [5, 5.41) is 0.635. The number of hydrogen-bond acceptors (Lipinski definition) is 6. The monoisotopic (exact) mass is 367 g/mol. The molecular formula is C16H15F2N3O3S. The summed E-state index contributed by atoms with van der Waals surface area (Å²) < 4.78 is 39.6. The molecule has 25 heavy (non-hydrogen) atoms. The first-order chi connectivity index (χ1) is 12.1. The molecule has 6 nitrogen and oxygen atoms in total. The molecule has 0 radical (unpaired) electrons. The Morgan fingerprint density at radius 3 is 2.76 bits per heavy atom. The van der Waals surface area contributed by atoms with Crippen molar-refractivity contribution in [3.8, 4) is 17.2 Å². The molecule has 1 N–H and O–H groups in total. The van der Waals surface area contributed by atoms with Crippen LogP contribution in [0.1, 0.15) is 5.69 Å². The van der Waals surface area contributed by atoms with E-state index in [1.165, 1.54) is 23.9 Å². The Hall–Kier alpha value is -2.55. The molecular weight excluding hydrogens is 352 g/mol. The van der Waals surface area contributed by atoms with Gasteiger partial charge in [0.2, 0.25) is 0 Å². The number of H-pyrrole nitrogens is 1. The molecule has 2 heterocycles. The van der Waals surface area contributed by atoms with Crippen LogP contribution < -0.4 is 14.2 Å². The molecule has 9 heteroatoms. The Morgan fingerprint density at radius 2 is 2.04 bits per heavy atom. The van der Waals surface area contributed by atoms with Crippen molar-refractivity contribution >= 4 is 22.8 Å². The van der Waals surface area contributed by atoms with Gasteiger partial charge in [0.25, 0.3) is 0 Å². The summed E-state index contributed by atoms with van der Waals surface area (Å²) in [4.78, 5) is 11.8. The highest BCUT2D eigenvalue weighted by Crippen LogP contribution is 2.33. The van der Waals surface area contributed by atoms with Crippen LogP contribution in [-0.4, -0.2) is 35.8 Å². The minimum absolute atomic E-state index is 0.0823. The number of methoxy groups -OCH3 is 2. The van der Waals surface area contributed by atoms with E-state index in [-0.39, 0.29) is 5.75 Å². The van der Waals surface area contributed by atoms with E-state index < -0.39 is 6.61 Å². The number of nitrogens with one attached hydrogen (secondary N) is 1. The summed E-state index contributed by atoms with van der Waals surface area (Å²) in [5.41, 5.74) is 2.00. The lowest BCUT2D eigenvalue weighted by Crippen LogP contribution is -2.01. The highest BCUT2D eigenvalue weighted by atomic mass is 32.2. The summed E-state index contributed by atoms with van der Waals surface area (Å²) in [5.74, 6) is 1.76. The van der Waals surface area contributed by atoms with Crippen molar-refractivity contribution in [3.05, 3.63) is 36.2 Å². The second kappa shape index (κ2) is 7.56. The molecule has 3 aromatic rings. The molecule has 0 aliphatic rings. The maximum Gasteiger partial charge on any atom is 0.387 e. The van der Waals surface area contributed by atoms with Crippen LogP contribution in [0, 0.1) is 0 Å². The van der Waals surface area contributed by atoms with Crippen LogP contribution in [0.4, 0.5) is 8.78 Å². The number of hydrogen-bond donors (Lipinski definition) is 1. The lowest BCUT2D eigenvalue weighted by atomic mass is 10.3. The SMILES string of the molecule is COc1ccnc(CSc2nc3ccc(OC(F)F)cc3[nH]2)c1OC. The zero-order valence-electron chi connectivity index (χ0n) is 13.5. The second-order valence-electron chi connectivity index (χ2n) is 4.88. The van der Waals surface area contributed by atoms with Crippen molar-refractivity contribution < 1.29 is 23.0 Å². The number of nitrogens with zero attached hydrogens (tertiary/aromatic N) is 2. The van der Waals surface area contributed by atoms with Crippen LogP contribution in [0.15, 0.2) is 35.6 Å². The maximum atomic E-state index is 12.3. The van der Waals surface area contributed by atoms with Gasteiger partial charge in [-0.25, -0.2) is 4.98 Å². The van der Waals surface area contributed by atoms with Gasteiger partial charge in [0, 0.05) is 24.1 Å². The summed E-state index contributed by atoms with van der Waals surface area (Å²) in [6.45, 7) is -2.86. The first-order valence-electron chi connectivity index (χ1n) is 7.24. The van der Waals surface area contributed by atoms with E-state index in [0.29, 0.717) is 39.1 Å². The Bertz CT molecular complexity index is 873. The molecule has 0 aliphatic carbocycles. The normalized spacial score (nSPS) is 11.1. The van der Waals surface area contributed by atoms with Gasteiger partial charge in [0.1, 0.15) is 5.75 Å². The third kappa shape index (κ3) is 3.93. The van der Waals surface area contributed by atoms with Crippen molar-refractivity contribution in [1.82, 2.24) is 15.0 Å². The highest BCUT2D eigenvalue weighted by Gasteiger charge is 2.13. The van der Waals surface area contributed by atoms with Crippen LogP contribution in [0.5, 0.6) is 17.2 Å². The molecule has 0 fully saturated rings. The highest BCUT2D eigenvalue weighted by molar-refractivity contribution is 7.98. The third-order valence-corrected chi connectivity index (χ3v) is 4.25. The van der Waals surface area contributed by atoms with Gasteiger partial charge < -0.3 is 19.2 Å². The standard InChI is InChI=1S/C16H15F2N3O3S/c1-22-13-5-6-19-12(14(13)23-2)8-25-16-20-10-4-3-9(24-15(17)18)7-11(10)21-16/h3-7,15H,8H2,1-2H3,(H,20,21). The van der Waals surface area contributed by atoms with Crippen molar-refractivity contribution in [3.63, 3.8) is 0 Å². The van der Waals surface area contributed by atoms with E-state index in [1.807, 2.05) is 0 Å².